The number of rotatable bonds is 11. The third kappa shape index (κ3) is 7.15. The summed E-state index contributed by atoms with van der Waals surface area (Å²) in [4.78, 5) is 28.4. The lowest BCUT2D eigenvalue weighted by Gasteiger charge is -2.33. The fraction of sp³-hybridized carbons (Fsp3) is 0.286. The summed E-state index contributed by atoms with van der Waals surface area (Å²) in [5.41, 5.74) is 1.89. The Hall–Kier alpha value is -2.88. The summed E-state index contributed by atoms with van der Waals surface area (Å²) in [6.45, 7) is 5.42. The first kappa shape index (κ1) is 29.7. The summed E-state index contributed by atoms with van der Waals surface area (Å²) in [5, 5.41) is 3.23. The van der Waals surface area contributed by atoms with E-state index in [9.17, 15) is 18.0 Å². The number of likely N-dealkylation sites (N-methyl/N-ethyl adjacent to an activating group) is 1. The Labute approximate surface area is 238 Å². The number of aryl methyl sites for hydroxylation is 1. The van der Waals surface area contributed by atoms with Crippen molar-refractivity contribution in [2.75, 3.05) is 17.4 Å². The van der Waals surface area contributed by atoms with Crippen LogP contribution in [0.5, 0.6) is 0 Å². The van der Waals surface area contributed by atoms with E-state index in [0.29, 0.717) is 29.2 Å². The van der Waals surface area contributed by atoms with Gasteiger partial charge >= 0.3 is 0 Å². The van der Waals surface area contributed by atoms with Gasteiger partial charge in [-0.25, -0.2) is 8.42 Å². The van der Waals surface area contributed by atoms with Gasteiger partial charge < -0.3 is 10.2 Å². The zero-order valence-corrected chi connectivity index (χ0v) is 24.7. The number of anilines is 1. The van der Waals surface area contributed by atoms with Crippen LogP contribution in [0.25, 0.3) is 0 Å². The van der Waals surface area contributed by atoms with E-state index in [1.807, 2.05) is 13.8 Å². The summed E-state index contributed by atoms with van der Waals surface area (Å²) in [7, 11) is -4.11. The van der Waals surface area contributed by atoms with E-state index in [1.54, 1.807) is 67.6 Å². The average Bonchev–Trinajstić information content (AvgIpc) is 2.89. The second kappa shape index (κ2) is 13.3. The van der Waals surface area contributed by atoms with E-state index in [0.717, 1.165) is 14.3 Å². The second-order valence-electron chi connectivity index (χ2n) is 8.73. The predicted octanol–water partition coefficient (Wildman–Crippen LogP) is 5.55. The molecule has 2 amide bonds. The monoisotopic (exact) mass is 619 g/mol. The highest BCUT2D eigenvalue weighted by Gasteiger charge is 2.33. The number of sulfonamides is 1. The number of nitrogens with one attached hydrogen (secondary N) is 1. The fourth-order valence-corrected chi connectivity index (χ4v) is 5.87. The smallest absolute Gasteiger partial charge is 0.264 e. The van der Waals surface area contributed by atoms with Crippen molar-refractivity contribution >= 4 is 55.1 Å². The number of hydrogen-bond acceptors (Lipinski definition) is 4. The van der Waals surface area contributed by atoms with Crippen molar-refractivity contribution in [3.8, 4) is 0 Å². The topological polar surface area (TPSA) is 86.8 Å². The first-order chi connectivity index (χ1) is 18.1. The Morgan fingerprint density at radius 2 is 1.61 bits per heavy atom. The summed E-state index contributed by atoms with van der Waals surface area (Å²) < 4.78 is 29.5. The number of carbonyl (C=O) groups excluding carboxylic acids is 2. The van der Waals surface area contributed by atoms with Gasteiger partial charge in [0.1, 0.15) is 12.6 Å². The maximum Gasteiger partial charge on any atom is 0.264 e. The molecule has 3 rings (SSSR count). The van der Waals surface area contributed by atoms with Crippen LogP contribution in [-0.4, -0.2) is 44.3 Å². The van der Waals surface area contributed by atoms with E-state index in [1.165, 1.54) is 17.0 Å². The lowest BCUT2D eigenvalue weighted by Crippen LogP contribution is -2.52. The van der Waals surface area contributed by atoms with Gasteiger partial charge in [-0.05, 0) is 68.3 Å². The molecule has 7 nitrogen and oxygen atoms in total. The van der Waals surface area contributed by atoms with Gasteiger partial charge in [-0.2, -0.15) is 0 Å². The molecule has 0 heterocycles. The molecule has 0 aliphatic rings. The number of halogens is 2. The highest BCUT2D eigenvalue weighted by molar-refractivity contribution is 9.10. The lowest BCUT2D eigenvalue weighted by molar-refractivity contribution is -0.140. The number of nitrogens with zero attached hydrogens (tertiary/aromatic N) is 2. The van der Waals surface area contributed by atoms with Crippen molar-refractivity contribution < 1.29 is 18.0 Å². The van der Waals surface area contributed by atoms with E-state index < -0.39 is 28.5 Å². The minimum atomic E-state index is -4.11. The molecule has 0 unspecified atom stereocenters. The quantitative estimate of drug-likeness (QED) is 0.305. The van der Waals surface area contributed by atoms with Crippen LogP contribution in [0.1, 0.15) is 31.4 Å². The van der Waals surface area contributed by atoms with Crippen molar-refractivity contribution in [3.05, 3.63) is 93.4 Å². The van der Waals surface area contributed by atoms with Crippen LogP contribution < -0.4 is 9.62 Å². The molecule has 3 aromatic rings. The van der Waals surface area contributed by atoms with Crippen molar-refractivity contribution in [2.24, 2.45) is 0 Å². The molecule has 0 saturated heterocycles. The van der Waals surface area contributed by atoms with E-state index in [4.69, 9.17) is 11.6 Å². The minimum absolute atomic E-state index is 0.0485. The molecule has 0 radical (unpaired) electrons. The molecule has 0 bridgehead atoms. The highest BCUT2D eigenvalue weighted by atomic mass is 79.9. The molecule has 0 aliphatic carbocycles. The average molecular weight is 621 g/mol. The number of hydrogen-bond donors (Lipinski definition) is 1. The lowest BCUT2D eigenvalue weighted by atomic mass is 10.1. The Morgan fingerprint density at radius 1 is 0.974 bits per heavy atom. The van der Waals surface area contributed by atoms with Crippen LogP contribution >= 0.6 is 27.5 Å². The zero-order valence-electron chi connectivity index (χ0n) is 21.5. The molecule has 0 saturated carbocycles. The van der Waals surface area contributed by atoms with Crippen LogP contribution in [0.15, 0.2) is 82.2 Å². The Morgan fingerprint density at radius 3 is 2.18 bits per heavy atom. The summed E-state index contributed by atoms with van der Waals surface area (Å²) in [6.07, 6.45) is 0.338. The van der Waals surface area contributed by atoms with Crippen molar-refractivity contribution in [1.82, 2.24) is 10.2 Å². The maximum absolute atomic E-state index is 13.9. The largest absolute Gasteiger partial charge is 0.355 e. The molecule has 3 aromatic carbocycles. The molecular weight excluding hydrogens is 590 g/mol. The third-order valence-corrected chi connectivity index (χ3v) is 8.72. The molecule has 0 fully saturated rings. The van der Waals surface area contributed by atoms with Crippen LogP contribution in [0.3, 0.4) is 0 Å². The summed E-state index contributed by atoms with van der Waals surface area (Å²) in [5.74, 6) is -0.839. The summed E-state index contributed by atoms with van der Waals surface area (Å²) >= 11 is 9.77. The fourth-order valence-electron chi connectivity index (χ4n) is 4.00. The first-order valence-electron chi connectivity index (χ1n) is 12.2. The Bertz CT molecular complexity index is 1370. The van der Waals surface area contributed by atoms with Crippen molar-refractivity contribution in [1.29, 1.82) is 0 Å². The van der Waals surface area contributed by atoms with E-state index in [2.05, 4.69) is 21.2 Å². The standard InChI is InChI=1S/C28H31BrClN3O4S/c1-4-26(28(35)31-5-2)32(18-21-8-6-7-9-25(21)30)27(34)19-33(23-14-12-22(29)13-15-23)38(36,37)24-16-10-20(3)11-17-24/h6-17,26H,4-5,18-19H2,1-3H3,(H,31,35)/t26-/m1/s1. The van der Waals surface area contributed by atoms with Crippen molar-refractivity contribution in [3.63, 3.8) is 0 Å². The van der Waals surface area contributed by atoms with E-state index in [-0.39, 0.29) is 17.3 Å². The predicted molar refractivity (Wildman–Crippen MR) is 155 cm³/mol. The second-order valence-corrected chi connectivity index (χ2v) is 11.9. The van der Waals surface area contributed by atoms with Gasteiger partial charge in [-0.15, -0.1) is 0 Å². The van der Waals surface area contributed by atoms with Gasteiger partial charge in [0.05, 0.1) is 10.6 Å². The highest BCUT2D eigenvalue weighted by Crippen LogP contribution is 2.27. The van der Waals surface area contributed by atoms with Crippen LogP contribution in [-0.2, 0) is 26.2 Å². The molecule has 1 N–H and O–H groups in total. The van der Waals surface area contributed by atoms with Gasteiger partial charge in [0.2, 0.25) is 11.8 Å². The number of benzene rings is 3. The molecular formula is C28H31BrClN3O4S. The summed E-state index contributed by atoms with van der Waals surface area (Å²) in [6, 6.07) is 19.4. The van der Waals surface area contributed by atoms with Gasteiger partial charge in [-0.3, -0.25) is 13.9 Å². The molecule has 0 spiro atoms. The number of carbonyl (C=O) groups is 2. The molecule has 38 heavy (non-hydrogen) atoms. The molecule has 0 aromatic heterocycles. The molecule has 1 atom stereocenters. The van der Waals surface area contributed by atoms with Gasteiger partial charge in [0.15, 0.2) is 0 Å². The van der Waals surface area contributed by atoms with Gasteiger partial charge in [-0.1, -0.05) is 70.3 Å². The normalized spacial score (nSPS) is 12.0. The minimum Gasteiger partial charge on any atom is -0.355 e. The Balaban J connectivity index is 2.06. The van der Waals surface area contributed by atoms with Crippen molar-refractivity contribution in [2.45, 2.75) is 44.7 Å². The van der Waals surface area contributed by atoms with E-state index >= 15 is 0 Å². The molecule has 0 aliphatic heterocycles. The van der Waals surface area contributed by atoms with Gasteiger partial charge in [0, 0.05) is 22.6 Å². The number of amides is 2. The van der Waals surface area contributed by atoms with Crippen LogP contribution in [0.4, 0.5) is 5.69 Å². The van der Waals surface area contributed by atoms with Crippen LogP contribution in [0.2, 0.25) is 5.02 Å². The first-order valence-corrected chi connectivity index (χ1v) is 14.8. The van der Waals surface area contributed by atoms with Gasteiger partial charge in [0.25, 0.3) is 10.0 Å². The molecule has 202 valence electrons. The van der Waals surface area contributed by atoms with Crippen LogP contribution in [0, 0.1) is 6.92 Å². The maximum atomic E-state index is 13.9. The zero-order chi connectivity index (χ0) is 27.9. The SMILES string of the molecule is CCNC(=O)[C@@H](CC)N(Cc1ccccc1Cl)C(=O)CN(c1ccc(Br)cc1)S(=O)(=O)c1ccc(C)cc1. The molecule has 10 heteroatoms. The Kier molecular flexibility index (Phi) is 10.4. The third-order valence-electron chi connectivity index (χ3n) is 6.04.